The third-order valence-electron chi connectivity index (χ3n) is 5.11. The van der Waals surface area contributed by atoms with Crippen LogP contribution in [-0.4, -0.2) is 38.7 Å². The van der Waals surface area contributed by atoms with E-state index in [9.17, 15) is 9.59 Å². The van der Waals surface area contributed by atoms with Crippen LogP contribution in [0.5, 0.6) is 0 Å². The predicted molar refractivity (Wildman–Crippen MR) is 102 cm³/mol. The third kappa shape index (κ3) is 3.00. The fourth-order valence-electron chi connectivity index (χ4n) is 3.63. The average molecular weight is 373 g/mol. The van der Waals surface area contributed by atoms with E-state index in [1.165, 1.54) is 35.2 Å². The number of hydrogen-bond acceptors (Lipinski definition) is 6. The van der Waals surface area contributed by atoms with Crippen LogP contribution < -0.4 is 4.90 Å². The Morgan fingerprint density at radius 3 is 2.73 bits per heavy atom. The zero-order valence-electron chi connectivity index (χ0n) is 15.5. The third-order valence-corrected chi connectivity index (χ3v) is 6.40. The van der Waals surface area contributed by atoms with Crippen molar-refractivity contribution in [1.29, 1.82) is 0 Å². The molecule has 1 unspecified atom stereocenters. The second-order valence-electron chi connectivity index (χ2n) is 6.48. The molecule has 0 aromatic carbocycles. The van der Waals surface area contributed by atoms with Gasteiger partial charge < -0.3 is 14.4 Å². The van der Waals surface area contributed by atoms with Crippen molar-refractivity contribution in [3.63, 3.8) is 0 Å². The zero-order chi connectivity index (χ0) is 18.8. The average Bonchev–Trinajstić information content (AvgIpc) is 2.83. The highest BCUT2D eigenvalue weighted by atomic mass is 32.1. The fraction of sp³-hybridized carbons (Fsp3) is 0.450. The van der Waals surface area contributed by atoms with E-state index in [1.54, 1.807) is 17.4 Å². The highest BCUT2D eigenvalue weighted by Crippen LogP contribution is 2.41. The Bertz CT molecular complexity index is 842. The van der Waals surface area contributed by atoms with Crippen LogP contribution in [0.25, 0.3) is 0 Å². The fourth-order valence-corrected chi connectivity index (χ4v) is 4.90. The molecule has 3 rings (SSSR count). The number of anilines is 1. The lowest BCUT2D eigenvalue weighted by atomic mass is 9.94. The molecule has 0 spiro atoms. The first-order valence-electron chi connectivity index (χ1n) is 8.69. The zero-order valence-corrected chi connectivity index (χ0v) is 16.4. The molecule has 0 saturated heterocycles. The van der Waals surface area contributed by atoms with Gasteiger partial charge in [-0.2, -0.15) is 0 Å². The number of nitrogens with zero attached hydrogens (tertiary/aromatic N) is 1. The van der Waals surface area contributed by atoms with Crippen LogP contribution in [0.3, 0.4) is 0 Å². The molecule has 0 N–H and O–H groups in total. The van der Waals surface area contributed by atoms with Crippen molar-refractivity contribution in [3.8, 4) is 0 Å². The Morgan fingerprint density at radius 2 is 2.08 bits per heavy atom. The Morgan fingerprint density at radius 1 is 1.31 bits per heavy atom. The van der Waals surface area contributed by atoms with E-state index >= 15 is 0 Å². The van der Waals surface area contributed by atoms with Crippen molar-refractivity contribution in [2.24, 2.45) is 0 Å². The van der Waals surface area contributed by atoms with Gasteiger partial charge in [0.2, 0.25) is 0 Å². The molecule has 2 heterocycles. The summed E-state index contributed by atoms with van der Waals surface area (Å²) in [5.41, 5.74) is 3.29. The van der Waals surface area contributed by atoms with Gasteiger partial charge in [0.15, 0.2) is 0 Å². The summed E-state index contributed by atoms with van der Waals surface area (Å²) < 4.78 is 10.2. The van der Waals surface area contributed by atoms with Crippen LogP contribution in [0.2, 0.25) is 0 Å². The second kappa shape index (κ2) is 7.52. The molecular formula is C20H23NO4S. The van der Waals surface area contributed by atoms with Crippen LogP contribution in [0.1, 0.15) is 28.8 Å². The number of aryl methyl sites for hydroxylation is 1. The van der Waals surface area contributed by atoms with Gasteiger partial charge in [0.25, 0.3) is 0 Å². The number of fused-ring (bicyclic) bond motifs is 1. The maximum absolute atomic E-state index is 12.0. The van der Waals surface area contributed by atoms with Crippen molar-refractivity contribution in [1.82, 2.24) is 0 Å². The smallest absolute Gasteiger partial charge is 0.341 e. The lowest BCUT2D eigenvalue weighted by Crippen LogP contribution is -2.38. The number of thiophene rings is 1. The number of carbonyl (C=O) groups excluding carboxylic acids is 2. The maximum atomic E-state index is 12.0. The summed E-state index contributed by atoms with van der Waals surface area (Å²) in [6.07, 6.45) is 6.78. The summed E-state index contributed by atoms with van der Waals surface area (Å²) in [5, 5.41) is 1.21. The summed E-state index contributed by atoms with van der Waals surface area (Å²) in [5.74, 6) is 1.74. The summed E-state index contributed by atoms with van der Waals surface area (Å²) in [7, 11) is 2.77. The number of methoxy groups -OCH3 is 2. The Labute approximate surface area is 157 Å². The van der Waals surface area contributed by atoms with E-state index < -0.39 is 5.97 Å². The number of carbonyl (C=O) groups is 1. The van der Waals surface area contributed by atoms with Crippen molar-refractivity contribution < 1.29 is 19.1 Å². The Kier molecular flexibility index (Phi) is 5.35. The monoisotopic (exact) mass is 373 g/mol. The molecule has 1 aliphatic heterocycles. The van der Waals surface area contributed by atoms with E-state index in [-0.39, 0.29) is 17.4 Å². The van der Waals surface area contributed by atoms with Gasteiger partial charge in [-0.05, 0) is 50.3 Å². The minimum absolute atomic E-state index is 0.246. The minimum Gasteiger partial charge on any atom is -0.495 e. The van der Waals surface area contributed by atoms with E-state index in [1.807, 2.05) is 12.0 Å². The molecule has 0 bridgehead atoms. The molecule has 1 aromatic rings. The van der Waals surface area contributed by atoms with Crippen LogP contribution >= 0.6 is 11.3 Å². The van der Waals surface area contributed by atoms with Crippen LogP contribution in [0, 0.1) is 13.8 Å². The molecular weight excluding hydrogens is 350 g/mol. The van der Waals surface area contributed by atoms with Crippen LogP contribution in [-0.2, 0) is 25.5 Å². The van der Waals surface area contributed by atoms with Gasteiger partial charge >= 0.3 is 5.97 Å². The molecule has 0 radical (unpaired) electrons. The minimum atomic E-state index is -0.524. The molecule has 1 aliphatic carbocycles. The van der Waals surface area contributed by atoms with Crippen molar-refractivity contribution >= 4 is 28.2 Å². The molecule has 0 saturated carbocycles. The van der Waals surface area contributed by atoms with Crippen LogP contribution in [0.4, 0.5) is 5.00 Å². The van der Waals surface area contributed by atoms with Gasteiger partial charge in [-0.25, -0.2) is 9.59 Å². The molecule has 5 nitrogen and oxygen atoms in total. The normalized spacial score (nSPS) is 19.8. The van der Waals surface area contributed by atoms with Gasteiger partial charge in [0, 0.05) is 11.4 Å². The maximum Gasteiger partial charge on any atom is 0.341 e. The molecule has 1 aromatic heterocycles. The molecule has 26 heavy (non-hydrogen) atoms. The lowest BCUT2D eigenvalue weighted by molar-refractivity contribution is -0.135. The molecule has 2 aliphatic rings. The van der Waals surface area contributed by atoms with E-state index in [4.69, 9.17) is 9.47 Å². The van der Waals surface area contributed by atoms with E-state index in [0.717, 1.165) is 25.8 Å². The molecule has 0 fully saturated rings. The van der Waals surface area contributed by atoms with Gasteiger partial charge in [0.05, 0.1) is 25.3 Å². The SMILES string of the molecule is COC(=O)C1=C(OC)C(=C=O)C(N2CCCCc3c2sc(C)c3C)C=C1. The van der Waals surface area contributed by atoms with Crippen LogP contribution in [0.15, 0.2) is 29.1 Å². The van der Waals surface area contributed by atoms with Crippen molar-refractivity contribution in [2.75, 3.05) is 25.7 Å². The van der Waals surface area contributed by atoms with Gasteiger partial charge in [-0.15, -0.1) is 11.3 Å². The summed E-state index contributed by atoms with van der Waals surface area (Å²) in [4.78, 5) is 27.4. The standard InChI is InChI=1S/C20H23NO4S/c1-12-13(2)26-19-14(12)7-5-6-10-21(19)17-9-8-15(20(23)25-4)18(24-3)16(17)11-22/h8-9,17H,5-7,10H2,1-4H3. The Balaban J connectivity index is 2.07. The van der Waals surface area contributed by atoms with E-state index in [0.29, 0.717) is 5.57 Å². The van der Waals surface area contributed by atoms with E-state index in [2.05, 4.69) is 18.7 Å². The first kappa shape index (κ1) is 18.5. The first-order chi connectivity index (χ1) is 12.5. The topological polar surface area (TPSA) is 55.8 Å². The van der Waals surface area contributed by atoms with Crippen molar-refractivity contribution in [3.05, 3.63) is 45.1 Å². The Hall–Kier alpha value is -2.30. The highest BCUT2D eigenvalue weighted by Gasteiger charge is 2.34. The second-order valence-corrected chi connectivity index (χ2v) is 7.68. The lowest BCUT2D eigenvalue weighted by Gasteiger charge is -2.33. The quantitative estimate of drug-likeness (QED) is 0.601. The summed E-state index contributed by atoms with van der Waals surface area (Å²) >= 11 is 1.77. The number of hydrogen-bond donors (Lipinski definition) is 0. The number of esters is 1. The summed E-state index contributed by atoms with van der Waals surface area (Å²) in [6.45, 7) is 5.14. The largest absolute Gasteiger partial charge is 0.495 e. The van der Waals surface area contributed by atoms with Gasteiger partial charge in [0.1, 0.15) is 22.8 Å². The number of rotatable bonds is 3. The first-order valence-corrected chi connectivity index (χ1v) is 9.50. The van der Waals surface area contributed by atoms with Gasteiger partial charge in [-0.1, -0.05) is 6.08 Å². The molecule has 0 amide bonds. The number of ether oxygens (including phenoxy) is 2. The predicted octanol–water partition coefficient (Wildman–Crippen LogP) is 3.28. The van der Waals surface area contributed by atoms with Gasteiger partial charge in [-0.3, -0.25) is 0 Å². The summed E-state index contributed by atoms with van der Waals surface area (Å²) in [6, 6.07) is -0.301. The molecule has 1 atom stereocenters. The highest BCUT2D eigenvalue weighted by molar-refractivity contribution is 7.16. The molecule has 138 valence electrons. The van der Waals surface area contributed by atoms with Crippen molar-refractivity contribution in [2.45, 2.75) is 39.2 Å². The molecule has 6 heteroatoms.